The number of rotatable bonds is 6. The van der Waals surface area contributed by atoms with E-state index in [1.807, 2.05) is 43.3 Å². The molecule has 0 saturated heterocycles. The van der Waals surface area contributed by atoms with Gasteiger partial charge in [0.05, 0.1) is 18.5 Å². The summed E-state index contributed by atoms with van der Waals surface area (Å²) in [5.74, 6) is -0.0340. The standard InChI is InChI=1S/C18H20N4O3/c1-2-21(12-14-9-6-10-25-14)18(24)15-11-16(17(19)23)22(20-15)13-7-4-3-5-8-13/h3-10,16H,2,11-12H2,1H3,(H2,19,23). The van der Waals surface area contributed by atoms with Gasteiger partial charge in [0.25, 0.3) is 5.91 Å². The van der Waals surface area contributed by atoms with Gasteiger partial charge < -0.3 is 15.1 Å². The van der Waals surface area contributed by atoms with E-state index in [0.29, 0.717) is 24.6 Å². The van der Waals surface area contributed by atoms with Crippen LogP contribution >= 0.6 is 0 Å². The molecule has 1 atom stereocenters. The van der Waals surface area contributed by atoms with Gasteiger partial charge in [-0.15, -0.1) is 0 Å². The number of furan rings is 1. The van der Waals surface area contributed by atoms with Crippen LogP contribution in [0, 0.1) is 0 Å². The highest BCUT2D eigenvalue weighted by Crippen LogP contribution is 2.25. The molecular weight excluding hydrogens is 320 g/mol. The lowest BCUT2D eigenvalue weighted by molar-refractivity contribution is -0.124. The van der Waals surface area contributed by atoms with Crippen LogP contribution in [-0.2, 0) is 16.1 Å². The first kappa shape index (κ1) is 16.8. The van der Waals surface area contributed by atoms with Crippen LogP contribution in [0.15, 0.2) is 58.2 Å². The van der Waals surface area contributed by atoms with Crippen molar-refractivity contribution in [1.29, 1.82) is 0 Å². The number of nitrogens with zero attached hydrogens (tertiary/aromatic N) is 3. The minimum absolute atomic E-state index is 0.192. The van der Waals surface area contributed by atoms with Gasteiger partial charge in [0.2, 0.25) is 5.91 Å². The van der Waals surface area contributed by atoms with Gasteiger partial charge in [-0.2, -0.15) is 5.10 Å². The molecule has 1 aliphatic heterocycles. The maximum Gasteiger partial charge on any atom is 0.270 e. The summed E-state index contributed by atoms with van der Waals surface area (Å²) in [4.78, 5) is 26.3. The van der Waals surface area contributed by atoms with Crippen molar-refractivity contribution in [3.8, 4) is 0 Å². The Bertz CT molecular complexity index is 771. The number of benzene rings is 1. The molecule has 3 rings (SSSR count). The second-order valence-corrected chi connectivity index (χ2v) is 5.75. The topological polar surface area (TPSA) is 92.1 Å². The second kappa shape index (κ2) is 7.21. The summed E-state index contributed by atoms with van der Waals surface area (Å²) in [7, 11) is 0. The summed E-state index contributed by atoms with van der Waals surface area (Å²) in [5.41, 5.74) is 6.56. The van der Waals surface area contributed by atoms with Gasteiger partial charge >= 0.3 is 0 Å². The Morgan fingerprint density at radius 1 is 1.28 bits per heavy atom. The van der Waals surface area contributed by atoms with Crippen LogP contribution in [0.25, 0.3) is 0 Å². The smallest absolute Gasteiger partial charge is 0.270 e. The third kappa shape index (κ3) is 3.55. The van der Waals surface area contributed by atoms with E-state index in [9.17, 15) is 9.59 Å². The molecule has 1 aromatic heterocycles. The van der Waals surface area contributed by atoms with E-state index in [0.717, 1.165) is 5.69 Å². The monoisotopic (exact) mass is 340 g/mol. The van der Waals surface area contributed by atoms with Crippen LogP contribution in [-0.4, -0.2) is 35.0 Å². The number of carbonyl (C=O) groups excluding carboxylic acids is 2. The summed E-state index contributed by atoms with van der Waals surface area (Å²) in [6.45, 7) is 2.75. The molecule has 1 unspecified atom stereocenters. The largest absolute Gasteiger partial charge is 0.467 e. The first-order valence-corrected chi connectivity index (χ1v) is 8.13. The van der Waals surface area contributed by atoms with Crippen molar-refractivity contribution in [2.45, 2.75) is 25.9 Å². The normalized spacial score (nSPS) is 16.6. The predicted molar refractivity (Wildman–Crippen MR) is 93.8 cm³/mol. The van der Waals surface area contributed by atoms with Gasteiger partial charge in [-0.3, -0.25) is 14.6 Å². The molecule has 25 heavy (non-hydrogen) atoms. The molecule has 0 radical (unpaired) electrons. The summed E-state index contributed by atoms with van der Waals surface area (Å²) >= 11 is 0. The van der Waals surface area contributed by atoms with Gasteiger partial charge in [0, 0.05) is 13.0 Å². The number of hydrogen-bond acceptors (Lipinski definition) is 5. The van der Waals surface area contributed by atoms with Crippen molar-refractivity contribution in [2.24, 2.45) is 10.8 Å². The lowest BCUT2D eigenvalue weighted by Crippen LogP contribution is -2.40. The van der Waals surface area contributed by atoms with Crippen LogP contribution < -0.4 is 10.7 Å². The first-order valence-electron chi connectivity index (χ1n) is 8.13. The van der Waals surface area contributed by atoms with Crippen molar-refractivity contribution in [3.05, 3.63) is 54.5 Å². The number of para-hydroxylation sites is 1. The van der Waals surface area contributed by atoms with E-state index >= 15 is 0 Å². The van der Waals surface area contributed by atoms with Gasteiger partial charge in [-0.1, -0.05) is 18.2 Å². The summed E-state index contributed by atoms with van der Waals surface area (Å²) in [5, 5.41) is 5.91. The Morgan fingerprint density at radius 3 is 2.64 bits per heavy atom. The van der Waals surface area contributed by atoms with E-state index in [4.69, 9.17) is 10.2 Å². The van der Waals surface area contributed by atoms with E-state index in [1.54, 1.807) is 17.2 Å². The maximum absolute atomic E-state index is 12.8. The Labute approximate surface area is 145 Å². The molecule has 2 heterocycles. The van der Waals surface area contributed by atoms with Crippen LogP contribution in [0.1, 0.15) is 19.1 Å². The molecule has 130 valence electrons. The molecule has 0 fully saturated rings. The molecule has 1 aromatic carbocycles. The average molecular weight is 340 g/mol. The molecule has 0 bridgehead atoms. The van der Waals surface area contributed by atoms with Crippen LogP contribution in [0.3, 0.4) is 0 Å². The molecule has 7 heteroatoms. The third-order valence-corrected chi connectivity index (χ3v) is 4.10. The number of anilines is 1. The molecule has 7 nitrogen and oxygen atoms in total. The van der Waals surface area contributed by atoms with Crippen molar-refractivity contribution < 1.29 is 14.0 Å². The highest BCUT2D eigenvalue weighted by molar-refractivity contribution is 6.40. The minimum atomic E-state index is -0.663. The predicted octanol–water partition coefficient (Wildman–Crippen LogP) is 1.75. The van der Waals surface area contributed by atoms with Gasteiger partial charge in [-0.25, -0.2) is 0 Å². The van der Waals surface area contributed by atoms with E-state index in [1.165, 1.54) is 5.01 Å². The molecular formula is C18H20N4O3. The van der Waals surface area contributed by atoms with Crippen LogP contribution in [0.4, 0.5) is 5.69 Å². The SMILES string of the molecule is CCN(Cc1ccco1)C(=O)C1=NN(c2ccccc2)C(C(N)=O)C1. The van der Waals surface area contributed by atoms with Crippen molar-refractivity contribution in [2.75, 3.05) is 11.6 Å². The number of nitrogens with two attached hydrogens (primary N) is 1. The first-order chi connectivity index (χ1) is 12.1. The summed E-state index contributed by atoms with van der Waals surface area (Å²) in [6.07, 6.45) is 1.76. The van der Waals surface area contributed by atoms with E-state index in [2.05, 4.69) is 5.10 Å². The average Bonchev–Trinajstić information content (AvgIpc) is 3.29. The molecule has 0 aliphatic carbocycles. The zero-order chi connectivity index (χ0) is 17.8. The zero-order valence-electron chi connectivity index (χ0n) is 14.0. The summed E-state index contributed by atoms with van der Waals surface area (Å²) < 4.78 is 5.31. The van der Waals surface area contributed by atoms with E-state index < -0.39 is 11.9 Å². The van der Waals surface area contributed by atoms with Crippen molar-refractivity contribution >= 4 is 23.2 Å². The fourth-order valence-electron chi connectivity index (χ4n) is 2.78. The second-order valence-electron chi connectivity index (χ2n) is 5.75. The van der Waals surface area contributed by atoms with Gasteiger partial charge in [-0.05, 0) is 31.2 Å². The van der Waals surface area contributed by atoms with Gasteiger partial charge in [0.15, 0.2) is 0 Å². The number of primary amides is 1. The lowest BCUT2D eigenvalue weighted by Gasteiger charge is -2.20. The zero-order valence-corrected chi connectivity index (χ0v) is 14.0. The summed E-state index contributed by atoms with van der Waals surface area (Å²) in [6, 6.07) is 12.1. The Balaban J connectivity index is 1.83. The Kier molecular flexibility index (Phi) is 4.83. The quantitative estimate of drug-likeness (QED) is 0.867. The van der Waals surface area contributed by atoms with E-state index in [-0.39, 0.29) is 12.3 Å². The molecule has 2 N–H and O–H groups in total. The lowest BCUT2D eigenvalue weighted by atomic mass is 10.1. The third-order valence-electron chi connectivity index (χ3n) is 4.10. The molecule has 0 spiro atoms. The molecule has 2 aromatic rings. The minimum Gasteiger partial charge on any atom is -0.467 e. The fraction of sp³-hybridized carbons (Fsp3) is 0.278. The highest BCUT2D eigenvalue weighted by Gasteiger charge is 2.36. The Hall–Kier alpha value is -3.09. The van der Waals surface area contributed by atoms with Crippen LogP contribution in [0.5, 0.6) is 0 Å². The number of hydrogen-bond donors (Lipinski definition) is 1. The van der Waals surface area contributed by atoms with Crippen molar-refractivity contribution in [3.63, 3.8) is 0 Å². The highest BCUT2D eigenvalue weighted by atomic mass is 16.3. The number of carbonyl (C=O) groups is 2. The number of amides is 2. The van der Waals surface area contributed by atoms with Gasteiger partial charge in [0.1, 0.15) is 17.5 Å². The maximum atomic E-state index is 12.8. The molecule has 1 aliphatic rings. The fourth-order valence-corrected chi connectivity index (χ4v) is 2.78. The molecule has 0 saturated carbocycles. The number of hydrazone groups is 1. The Morgan fingerprint density at radius 2 is 2.04 bits per heavy atom. The van der Waals surface area contributed by atoms with Crippen molar-refractivity contribution in [1.82, 2.24) is 4.90 Å². The molecule has 2 amide bonds. The van der Waals surface area contributed by atoms with Crippen LogP contribution in [0.2, 0.25) is 0 Å².